The normalized spacial score (nSPS) is 9.69. The summed E-state index contributed by atoms with van der Waals surface area (Å²) in [4.78, 5) is 8.00. The van der Waals surface area contributed by atoms with Crippen molar-refractivity contribution in [3.05, 3.63) is 30.1 Å². The molecular weight excluding hydrogens is 204 g/mol. The molecule has 0 fully saturated rings. The Morgan fingerprint density at radius 2 is 2.12 bits per heavy atom. The minimum atomic E-state index is 0.119. The maximum Gasteiger partial charge on any atom is 0.216 e. The summed E-state index contributed by atoms with van der Waals surface area (Å²) in [5, 5.41) is 17.8. The molecule has 0 spiro atoms. The number of hydrogen-bond donors (Lipinski definition) is 0. The average Bonchev–Trinajstić information content (AvgIpc) is 2.93. The second-order valence-corrected chi connectivity index (χ2v) is 3.05. The zero-order chi connectivity index (χ0) is 11.5. The lowest BCUT2D eigenvalue weighted by molar-refractivity contribution is 0.716. The predicted molar refractivity (Wildman–Crippen MR) is 54.5 cm³/mol. The van der Waals surface area contributed by atoms with Crippen molar-refractivity contribution < 1.29 is 0 Å². The number of aryl methyl sites for hydroxylation is 1. The van der Waals surface area contributed by atoms with Crippen LogP contribution in [0.2, 0.25) is 0 Å². The molecule has 2 heterocycles. The van der Waals surface area contributed by atoms with E-state index in [1.807, 2.05) is 29.8 Å². The number of nitriles is 2. The van der Waals surface area contributed by atoms with Crippen LogP contribution in [-0.4, -0.2) is 19.1 Å². The summed E-state index contributed by atoms with van der Waals surface area (Å²) in [5.74, 6) is 0.591. The second-order valence-electron chi connectivity index (χ2n) is 3.05. The van der Waals surface area contributed by atoms with Crippen LogP contribution < -0.4 is 0 Å². The lowest BCUT2D eigenvalue weighted by Crippen LogP contribution is -2.06. The van der Waals surface area contributed by atoms with E-state index >= 15 is 0 Å². The van der Waals surface area contributed by atoms with Crippen molar-refractivity contribution in [2.75, 3.05) is 0 Å². The van der Waals surface area contributed by atoms with Gasteiger partial charge in [0.2, 0.25) is 5.95 Å². The van der Waals surface area contributed by atoms with Crippen molar-refractivity contribution >= 4 is 0 Å². The third kappa shape index (κ3) is 1.33. The third-order valence-corrected chi connectivity index (χ3v) is 2.23. The summed E-state index contributed by atoms with van der Waals surface area (Å²) in [5.41, 5.74) is 0.330. The molecule has 0 aliphatic heterocycles. The Morgan fingerprint density at radius 1 is 1.31 bits per heavy atom. The lowest BCUT2D eigenvalue weighted by Gasteiger charge is -2.05. The van der Waals surface area contributed by atoms with Crippen molar-refractivity contribution in [2.24, 2.45) is 0 Å². The van der Waals surface area contributed by atoms with Crippen molar-refractivity contribution in [3.8, 4) is 18.1 Å². The van der Waals surface area contributed by atoms with Crippen molar-refractivity contribution in [2.45, 2.75) is 13.5 Å². The fourth-order valence-electron chi connectivity index (χ4n) is 1.46. The van der Waals surface area contributed by atoms with Gasteiger partial charge in [-0.3, -0.25) is 4.57 Å². The fraction of sp³-hybridized carbons (Fsp3) is 0.200. The van der Waals surface area contributed by atoms with Crippen molar-refractivity contribution in [1.82, 2.24) is 19.1 Å². The van der Waals surface area contributed by atoms with E-state index in [-0.39, 0.29) is 11.4 Å². The molecule has 0 saturated carbocycles. The smallest absolute Gasteiger partial charge is 0.216 e. The quantitative estimate of drug-likeness (QED) is 0.738. The second kappa shape index (κ2) is 3.87. The average molecular weight is 212 g/mol. The minimum Gasteiger partial charge on any atom is -0.317 e. The van der Waals surface area contributed by atoms with Crippen molar-refractivity contribution in [3.63, 3.8) is 0 Å². The van der Waals surface area contributed by atoms with Gasteiger partial charge in [0.25, 0.3) is 0 Å². The molecule has 0 amide bonds. The van der Waals surface area contributed by atoms with E-state index in [9.17, 15) is 0 Å². The van der Waals surface area contributed by atoms with Gasteiger partial charge in [0, 0.05) is 18.9 Å². The van der Waals surface area contributed by atoms with Gasteiger partial charge in [-0.25, -0.2) is 9.97 Å². The summed E-state index contributed by atoms with van der Waals surface area (Å²) in [6.07, 6.45) is 4.89. The minimum absolute atomic E-state index is 0.119. The van der Waals surface area contributed by atoms with Gasteiger partial charge in [-0.05, 0) is 6.92 Å². The molecule has 0 N–H and O–H groups in total. The van der Waals surface area contributed by atoms with Crippen LogP contribution in [0.4, 0.5) is 0 Å². The largest absolute Gasteiger partial charge is 0.317 e. The number of hydrogen-bond acceptors (Lipinski definition) is 4. The van der Waals surface area contributed by atoms with E-state index in [0.717, 1.165) is 6.54 Å². The first kappa shape index (κ1) is 9.94. The van der Waals surface area contributed by atoms with Crippen LogP contribution in [0.3, 0.4) is 0 Å². The molecule has 2 aromatic heterocycles. The molecular formula is C10H8N6. The van der Waals surface area contributed by atoms with E-state index in [2.05, 4.69) is 9.97 Å². The molecule has 0 atom stereocenters. The van der Waals surface area contributed by atoms with Crippen LogP contribution in [0.5, 0.6) is 0 Å². The molecule has 2 aromatic rings. The molecule has 78 valence electrons. The maximum atomic E-state index is 8.98. The Bertz CT molecular complexity index is 592. The Hall–Kier alpha value is -2.60. The highest BCUT2D eigenvalue weighted by Gasteiger charge is 2.14. The van der Waals surface area contributed by atoms with E-state index in [0.29, 0.717) is 5.95 Å². The van der Waals surface area contributed by atoms with Gasteiger partial charge < -0.3 is 4.57 Å². The maximum absolute atomic E-state index is 8.98. The molecule has 0 aromatic carbocycles. The van der Waals surface area contributed by atoms with Crippen LogP contribution in [0.1, 0.15) is 18.3 Å². The predicted octanol–water partition coefficient (Wildman–Crippen LogP) is 0.832. The first-order chi connectivity index (χ1) is 7.81. The molecule has 0 saturated heterocycles. The molecule has 6 heteroatoms. The Morgan fingerprint density at radius 3 is 2.75 bits per heavy atom. The number of nitrogens with zero attached hydrogens (tertiary/aromatic N) is 6. The highest BCUT2D eigenvalue weighted by molar-refractivity contribution is 5.40. The molecule has 0 aliphatic rings. The van der Waals surface area contributed by atoms with Gasteiger partial charge in [0.05, 0.1) is 0 Å². The van der Waals surface area contributed by atoms with Crippen LogP contribution in [0.15, 0.2) is 18.7 Å². The van der Waals surface area contributed by atoms with Crippen LogP contribution in [-0.2, 0) is 6.54 Å². The molecule has 0 aliphatic carbocycles. The summed E-state index contributed by atoms with van der Waals surface area (Å²) >= 11 is 0. The van der Waals surface area contributed by atoms with E-state index < -0.39 is 0 Å². The molecule has 16 heavy (non-hydrogen) atoms. The lowest BCUT2D eigenvalue weighted by atomic mass is 10.3. The summed E-state index contributed by atoms with van der Waals surface area (Å²) in [6.45, 7) is 2.71. The zero-order valence-corrected chi connectivity index (χ0v) is 8.62. The Balaban J connectivity index is 2.63. The van der Waals surface area contributed by atoms with Gasteiger partial charge >= 0.3 is 0 Å². The van der Waals surface area contributed by atoms with Crippen LogP contribution in [0.25, 0.3) is 5.95 Å². The first-order valence-corrected chi connectivity index (χ1v) is 4.70. The van der Waals surface area contributed by atoms with Gasteiger partial charge in [-0.2, -0.15) is 10.5 Å². The van der Waals surface area contributed by atoms with Crippen LogP contribution >= 0.6 is 0 Å². The van der Waals surface area contributed by atoms with Gasteiger partial charge in [0.1, 0.15) is 18.5 Å². The summed E-state index contributed by atoms with van der Waals surface area (Å²) < 4.78 is 3.38. The molecule has 0 radical (unpaired) electrons. The van der Waals surface area contributed by atoms with E-state index in [4.69, 9.17) is 10.5 Å². The zero-order valence-electron chi connectivity index (χ0n) is 8.62. The SMILES string of the molecule is CCn1ccnc1-n1cnc(C#N)c1C#N. The van der Waals surface area contributed by atoms with Crippen LogP contribution in [0, 0.1) is 22.7 Å². The molecule has 2 rings (SSSR count). The highest BCUT2D eigenvalue weighted by atomic mass is 15.2. The third-order valence-electron chi connectivity index (χ3n) is 2.23. The monoisotopic (exact) mass is 212 g/mol. The topological polar surface area (TPSA) is 83.2 Å². The number of aromatic nitrogens is 4. The van der Waals surface area contributed by atoms with Gasteiger partial charge in [0.15, 0.2) is 11.4 Å². The first-order valence-electron chi connectivity index (χ1n) is 4.70. The van der Waals surface area contributed by atoms with Crippen molar-refractivity contribution in [1.29, 1.82) is 10.5 Å². The number of rotatable bonds is 2. The Kier molecular flexibility index (Phi) is 2.40. The molecule has 0 unspecified atom stereocenters. The molecule has 6 nitrogen and oxygen atoms in total. The summed E-state index contributed by atoms with van der Waals surface area (Å²) in [7, 11) is 0. The van der Waals surface area contributed by atoms with E-state index in [1.165, 1.54) is 10.9 Å². The van der Waals surface area contributed by atoms with E-state index in [1.54, 1.807) is 6.20 Å². The number of imidazole rings is 2. The van der Waals surface area contributed by atoms with Gasteiger partial charge in [-0.1, -0.05) is 0 Å². The standard InChI is InChI=1S/C10H8N6/c1-2-15-4-3-13-10(15)16-7-14-8(5-11)9(16)6-12/h3-4,7H,2H2,1H3. The fourth-order valence-corrected chi connectivity index (χ4v) is 1.46. The highest BCUT2D eigenvalue weighted by Crippen LogP contribution is 2.12. The molecule has 0 bridgehead atoms. The van der Waals surface area contributed by atoms with Gasteiger partial charge in [-0.15, -0.1) is 0 Å². The summed E-state index contributed by atoms with van der Waals surface area (Å²) in [6, 6.07) is 3.83. The Labute approximate surface area is 92.0 Å².